The maximum Gasteiger partial charge on any atom is 0.246 e. The summed E-state index contributed by atoms with van der Waals surface area (Å²) in [5.74, 6) is 0.0537. The normalized spacial score (nSPS) is 22.4. The van der Waals surface area contributed by atoms with E-state index in [1.165, 1.54) is 0 Å². The monoisotopic (exact) mass is 275 g/mol. The number of hydrogen-bond donors (Lipinski definition) is 1. The lowest BCUT2D eigenvalue weighted by Crippen LogP contribution is -2.60. The van der Waals surface area contributed by atoms with Crippen LogP contribution in [-0.2, 0) is 9.59 Å². The van der Waals surface area contributed by atoms with Crippen molar-refractivity contribution in [3.05, 3.63) is 30.1 Å². The van der Waals surface area contributed by atoms with E-state index in [0.717, 1.165) is 12.0 Å². The average Bonchev–Trinajstić information content (AvgIpc) is 2.48. The third-order valence-electron chi connectivity index (χ3n) is 4.05. The number of pyridine rings is 1. The Morgan fingerprint density at radius 1 is 1.35 bits per heavy atom. The summed E-state index contributed by atoms with van der Waals surface area (Å²) in [7, 11) is 0. The summed E-state index contributed by atoms with van der Waals surface area (Å²) in [6, 6.07) is 3.22. The van der Waals surface area contributed by atoms with Crippen molar-refractivity contribution in [1.29, 1.82) is 0 Å². The molecule has 5 nitrogen and oxygen atoms in total. The first-order valence-corrected chi connectivity index (χ1v) is 7.04. The summed E-state index contributed by atoms with van der Waals surface area (Å²) in [5.41, 5.74) is 0.992. The van der Waals surface area contributed by atoms with Gasteiger partial charge in [-0.25, -0.2) is 0 Å². The Bertz CT molecular complexity index is 489. The van der Waals surface area contributed by atoms with Crippen LogP contribution in [0.4, 0.5) is 0 Å². The van der Waals surface area contributed by atoms with Crippen LogP contribution in [0.25, 0.3) is 0 Å². The molecule has 2 rings (SSSR count). The van der Waals surface area contributed by atoms with Gasteiger partial charge in [0.15, 0.2) is 0 Å². The van der Waals surface area contributed by atoms with Gasteiger partial charge in [-0.05, 0) is 30.5 Å². The van der Waals surface area contributed by atoms with Crippen molar-refractivity contribution in [2.75, 3.05) is 6.54 Å². The first-order valence-electron chi connectivity index (χ1n) is 7.04. The third kappa shape index (κ3) is 2.81. The molecule has 108 valence electrons. The molecule has 1 aromatic rings. The maximum absolute atomic E-state index is 12.6. The summed E-state index contributed by atoms with van der Waals surface area (Å²) in [4.78, 5) is 30.1. The van der Waals surface area contributed by atoms with Crippen LogP contribution in [0, 0.1) is 5.92 Å². The van der Waals surface area contributed by atoms with Crippen molar-refractivity contribution in [2.24, 2.45) is 5.92 Å². The molecule has 1 aromatic heterocycles. The molecule has 1 aliphatic heterocycles. The van der Waals surface area contributed by atoms with E-state index in [1.54, 1.807) is 17.3 Å². The van der Waals surface area contributed by atoms with Crippen molar-refractivity contribution in [3.63, 3.8) is 0 Å². The lowest BCUT2D eigenvalue weighted by molar-refractivity contribution is -0.148. The Balaban J connectivity index is 2.22. The number of piperazine rings is 1. The van der Waals surface area contributed by atoms with Crippen LogP contribution >= 0.6 is 0 Å². The zero-order valence-corrected chi connectivity index (χ0v) is 12.2. The number of hydrogen-bond acceptors (Lipinski definition) is 3. The van der Waals surface area contributed by atoms with Gasteiger partial charge in [0.1, 0.15) is 12.6 Å². The smallest absolute Gasteiger partial charge is 0.246 e. The molecule has 0 spiro atoms. The first kappa shape index (κ1) is 14.5. The highest BCUT2D eigenvalue weighted by molar-refractivity contribution is 5.95. The second-order valence-electron chi connectivity index (χ2n) is 5.35. The van der Waals surface area contributed by atoms with Crippen molar-refractivity contribution in [2.45, 2.75) is 39.3 Å². The van der Waals surface area contributed by atoms with Crippen molar-refractivity contribution in [3.8, 4) is 0 Å². The fraction of sp³-hybridized carbons (Fsp3) is 0.533. The molecule has 2 amide bonds. The Kier molecular flexibility index (Phi) is 4.37. The van der Waals surface area contributed by atoms with Gasteiger partial charge in [-0.1, -0.05) is 20.3 Å². The van der Waals surface area contributed by atoms with Crippen LogP contribution in [0.2, 0.25) is 0 Å². The van der Waals surface area contributed by atoms with Crippen LogP contribution in [0.5, 0.6) is 0 Å². The third-order valence-corrected chi connectivity index (χ3v) is 4.05. The highest BCUT2D eigenvalue weighted by Gasteiger charge is 2.37. The molecule has 0 saturated carbocycles. The summed E-state index contributed by atoms with van der Waals surface area (Å²) in [6.07, 6.45) is 4.26. The van der Waals surface area contributed by atoms with Gasteiger partial charge in [-0.3, -0.25) is 14.6 Å². The minimum Gasteiger partial charge on any atom is -0.342 e. The zero-order valence-electron chi connectivity index (χ0n) is 12.2. The number of rotatable bonds is 4. The Morgan fingerprint density at radius 2 is 2.00 bits per heavy atom. The lowest BCUT2D eigenvalue weighted by Gasteiger charge is -2.38. The molecule has 1 N–H and O–H groups in total. The number of carbonyl (C=O) groups is 2. The number of carbonyl (C=O) groups excluding carboxylic acids is 2. The fourth-order valence-electron chi connectivity index (χ4n) is 2.46. The van der Waals surface area contributed by atoms with Gasteiger partial charge < -0.3 is 10.2 Å². The number of aromatic nitrogens is 1. The first-order chi connectivity index (χ1) is 9.54. The van der Waals surface area contributed by atoms with E-state index in [9.17, 15) is 9.59 Å². The molecule has 3 atom stereocenters. The second-order valence-corrected chi connectivity index (χ2v) is 5.35. The molecule has 1 fully saturated rings. The summed E-state index contributed by atoms with van der Waals surface area (Å²) in [6.45, 7) is 6.08. The largest absolute Gasteiger partial charge is 0.342 e. The highest BCUT2D eigenvalue weighted by Crippen LogP contribution is 2.24. The quantitative estimate of drug-likeness (QED) is 0.906. The van der Waals surface area contributed by atoms with Crippen LogP contribution in [-0.4, -0.2) is 34.3 Å². The zero-order chi connectivity index (χ0) is 14.7. The van der Waals surface area contributed by atoms with E-state index in [-0.39, 0.29) is 30.3 Å². The van der Waals surface area contributed by atoms with Gasteiger partial charge in [-0.2, -0.15) is 0 Å². The lowest BCUT2D eigenvalue weighted by atomic mass is 9.94. The maximum atomic E-state index is 12.6. The van der Waals surface area contributed by atoms with E-state index < -0.39 is 6.04 Å². The van der Waals surface area contributed by atoms with Crippen LogP contribution in [0.1, 0.15) is 38.8 Å². The average molecular weight is 275 g/mol. The molecular formula is C15H21N3O2. The Labute approximate surface area is 119 Å². The summed E-state index contributed by atoms with van der Waals surface area (Å²) >= 11 is 0. The molecule has 2 heterocycles. The highest BCUT2D eigenvalue weighted by atomic mass is 16.2. The van der Waals surface area contributed by atoms with Crippen LogP contribution < -0.4 is 5.32 Å². The van der Waals surface area contributed by atoms with E-state index >= 15 is 0 Å². The van der Waals surface area contributed by atoms with E-state index in [4.69, 9.17) is 0 Å². The van der Waals surface area contributed by atoms with Gasteiger partial charge in [0, 0.05) is 12.4 Å². The molecule has 20 heavy (non-hydrogen) atoms. The van der Waals surface area contributed by atoms with E-state index in [1.807, 2.05) is 32.9 Å². The molecule has 3 unspecified atom stereocenters. The molecular weight excluding hydrogens is 254 g/mol. The number of nitrogens with one attached hydrogen (secondary N) is 1. The van der Waals surface area contributed by atoms with E-state index in [0.29, 0.717) is 0 Å². The van der Waals surface area contributed by atoms with Gasteiger partial charge in [0.05, 0.1) is 6.04 Å². The predicted octanol–water partition coefficient (Wildman–Crippen LogP) is 1.52. The molecule has 0 aliphatic carbocycles. The molecule has 0 radical (unpaired) electrons. The van der Waals surface area contributed by atoms with Gasteiger partial charge in [0.25, 0.3) is 0 Å². The minimum atomic E-state index is -0.412. The van der Waals surface area contributed by atoms with Crippen LogP contribution in [0.3, 0.4) is 0 Å². The molecule has 5 heteroatoms. The molecule has 1 aliphatic rings. The number of nitrogens with zero attached hydrogens (tertiary/aromatic N) is 2. The standard InChI is InChI=1S/C15H21N3O2/c1-4-10(2)14-15(20)18(9-13(19)17-14)11(3)12-5-7-16-8-6-12/h5-8,10-11,14H,4,9H2,1-3H3,(H,17,19). The fourth-order valence-corrected chi connectivity index (χ4v) is 2.46. The van der Waals surface area contributed by atoms with Crippen molar-refractivity contribution < 1.29 is 9.59 Å². The SMILES string of the molecule is CCC(C)C1NC(=O)CN(C(C)c2ccncc2)C1=O. The summed E-state index contributed by atoms with van der Waals surface area (Å²) < 4.78 is 0. The molecule has 1 saturated heterocycles. The summed E-state index contributed by atoms with van der Waals surface area (Å²) in [5, 5.41) is 2.81. The minimum absolute atomic E-state index is 0.00302. The Hall–Kier alpha value is -1.91. The predicted molar refractivity (Wildman–Crippen MR) is 75.8 cm³/mol. The van der Waals surface area contributed by atoms with E-state index in [2.05, 4.69) is 10.3 Å². The van der Waals surface area contributed by atoms with Crippen molar-refractivity contribution in [1.82, 2.24) is 15.2 Å². The number of amides is 2. The molecule has 0 aromatic carbocycles. The van der Waals surface area contributed by atoms with Gasteiger partial charge in [0.2, 0.25) is 11.8 Å². The Morgan fingerprint density at radius 3 is 2.60 bits per heavy atom. The molecule has 0 bridgehead atoms. The second kappa shape index (κ2) is 6.03. The van der Waals surface area contributed by atoms with Crippen molar-refractivity contribution >= 4 is 11.8 Å². The van der Waals surface area contributed by atoms with Crippen LogP contribution in [0.15, 0.2) is 24.5 Å². The topological polar surface area (TPSA) is 62.3 Å². The van der Waals surface area contributed by atoms with Gasteiger partial charge in [-0.15, -0.1) is 0 Å². The van der Waals surface area contributed by atoms with Gasteiger partial charge >= 0.3 is 0 Å².